The molecule has 6 atom stereocenters. The van der Waals surface area contributed by atoms with E-state index in [1.807, 2.05) is 11.8 Å². The molecule has 0 aliphatic carbocycles. The molecule has 2 fully saturated rings. The Morgan fingerprint density at radius 2 is 1.03 bits per heavy atom. The van der Waals surface area contributed by atoms with Crippen molar-refractivity contribution in [2.45, 2.75) is 140 Å². The Balaban J connectivity index is 1.45. The molecule has 10 amide bonds. The summed E-state index contributed by atoms with van der Waals surface area (Å²) < 4.78 is 21.4. The maximum Gasteiger partial charge on any atom is 0.315 e. The van der Waals surface area contributed by atoms with Crippen molar-refractivity contribution in [2.75, 3.05) is 91.3 Å². The monoisotopic (exact) mass is 1030 g/mol. The van der Waals surface area contributed by atoms with Crippen molar-refractivity contribution in [1.29, 1.82) is 0 Å². The van der Waals surface area contributed by atoms with E-state index in [2.05, 4.69) is 42.5 Å². The van der Waals surface area contributed by atoms with Gasteiger partial charge in [-0.3, -0.25) is 38.4 Å². The van der Waals surface area contributed by atoms with Crippen LogP contribution in [0.25, 0.3) is 0 Å². The first-order chi connectivity index (χ1) is 34.2. The number of hydrogen-bond donors (Lipinski definition) is 10. The van der Waals surface area contributed by atoms with Gasteiger partial charge < -0.3 is 72.9 Å². The Morgan fingerprint density at radius 1 is 0.549 bits per heavy atom. The summed E-state index contributed by atoms with van der Waals surface area (Å²) in [7, 11) is 0. The van der Waals surface area contributed by atoms with Crippen LogP contribution < -0.4 is 54.0 Å². The molecule has 0 bridgehead atoms. The van der Waals surface area contributed by atoms with Crippen LogP contribution in [0.4, 0.5) is 4.79 Å². The molecule has 12 N–H and O–H groups in total. The number of primary amides is 2. The van der Waals surface area contributed by atoms with E-state index in [1.54, 1.807) is 13.8 Å². The van der Waals surface area contributed by atoms with E-state index in [9.17, 15) is 43.2 Å². The van der Waals surface area contributed by atoms with Crippen molar-refractivity contribution in [2.24, 2.45) is 23.3 Å². The first-order valence-corrected chi connectivity index (χ1v) is 26.4. The minimum absolute atomic E-state index is 0.0863. The molecule has 0 aromatic heterocycles. The van der Waals surface area contributed by atoms with Crippen LogP contribution in [0, 0.1) is 11.8 Å². The van der Waals surface area contributed by atoms with Gasteiger partial charge in [-0.05, 0) is 64.2 Å². The van der Waals surface area contributed by atoms with Gasteiger partial charge in [0.2, 0.25) is 47.3 Å². The number of urea groups is 1. The lowest BCUT2D eigenvalue weighted by Crippen LogP contribution is -2.47. The number of ether oxygens (including phenoxy) is 4. The van der Waals surface area contributed by atoms with E-state index < -0.39 is 6.04 Å². The van der Waals surface area contributed by atoms with Gasteiger partial charge >= 0.3 is 6.03 Å². The van der Waals surface area contributed by atoms with Gasteiger partial charge in [0.25, 0.3) is 0 Å². The molecule has 0 unspecified atom stereocenters. The fourth-order valence-electron chi connectivity index (χ4n) is 7.49. The topological polar surface area (TPSA) is 339 Å². The van der Waals surface area contributed by atoms with Crippen molar-refractivity contribution >= 4 is 65.1 Å². The number of nitrogens with one attached hydrogen (secondary N) is 8. The molecule has 2 heterocycles. The van der Waals surface area contributed by atoms with Gasteiger partial charge in [-0.2, -0.15) is 11.8 Å². The number of nitrogens with two attached hydrogens (primary N) is 2. The van der Waals surface area contributed by atoms with Crippen LogP contribution in [0.5, 0.6) is 0 Å². The third kappa shape index (κ3) is 31.3. The molecule has 0 aromatic rings. The lowest BCUT2D eigenvalue weighted by Gasteiger charge is -2.19. The molecule has 0 radical (unpaired) electrons. The number of amides is 10. The maximum absolute atomic E-state index is 13.1. The van der Waals surface area contributed by atoms with Crippen LogP contribution in [-0.2, 0) is 57.3 Å². The predicted octanol–water partition coefficient (Wildman–Crippen LogP) is -0.232. The Morgan fingerprint density at radius 3 is 1.59 bits per heavy atom. The molecule has 0 aromatic carbocycles. The van der Waals surface area contributed by atoms with Gasteiger partial charge in [-0.15, -0.1) is 0 Å². The third-order valence-electron chi connectivity index (χ3n) is 11.8. The second kappa shape index (κ2) is 38.8. The average Bonchev–Trinajstić information content (AvgIpc) is 3.89. The SMILES string of the molecule is C[C@H](CCCCNC(=O)[C@H](CCCCNC(=O)CCCC(=O)NCCOCCOCC(=O)NCCOCCOCC(=O)NCCCC[C@H](C)C(N)=O)NC(=O)CCCC[C@@H]1SC[C@@H]2NC(=O)N[C@@H]21)C(N)=O. The van der Waals surface area contributed by atoms with Gasteiger partial charge in [0.05, 0.1) is 51.7 Å². The van der Waals surface area contributed by atoms with Crippen LogP contribution in [0.1, 0.15) is 117 Å². The van der Waals surface area contributed by atoms with Gasteiger partial charge in [0.1, 0.15) is 19.3 Å². The minimum Gasteiger partial charge on any atom is -0.377 e. The van der Waals surface area contributed by atoms with Crippen LogP contribution in [0.15, 0.2) is 0 Å². The minimum atomic E-state index is -0.731. The molecule has 2 aliphatic heterocycles. The zero-order chi connectivity index (χ0) is 52.1. The molecular weight excluding hydrogens is 945 g/mol. The number of fused-ring (bicyclic) bond motifs is 1. The molecule has 0 saturated carbocycles. The Labute approximate surface area is 423 Å². The molecule has 2 rings (SSSR count). The summed E-state index contributed by atoms with van der Waals surface area (Å²) in [5.41, 5.74) is 10.6. The molecule has 71 heavy (non-hydrogen) atoms. The smallest absolute Gasteiger partial charge is 0.315 e. The van der Waals surface area contributed by atoms with E-state index >= 15 is 0 Å². The highest BCUT2D eigenvalue weighted by Gasteiger charge is 2.42. The number of carbonyl (C=O) groups is 9. The molecule has 2 aliphatic rings. The summed E-state index contributed by atoms with van der Waals surface area (Å²) in [6.45, 7) is 6.57. The predicted molar refractivity (Wildman–Crippen MR) is 266 cm³/mol. The highest BCUT2D eigenvalue weighted by molar-refractivity contribution is 8.00. The third-order valence-corrected chi connectivity index (χ3v) is 13.4. The molecule has 24 heteroatoms. The van der Waals surface area contributed by atoms with Crippen LogP contribution >= 0.6 is 11.8 Å². The van der Waals surface area contributed by atoms with Crippen molar-refractivity contribution in [3.8, 4) is 0 Å². The van der Waals surface area contributed by atoms with Crippen molar-refractivity contribution < 1.29 is 62.1 Å². The van der Waals surface area contributed by atoms with E-state index in [1.165, 1.54) is 0 Å². The lowest BCUT2D eigenvalue weighted by atomic mass is 10.0. The van der Waals surface area contributed by atoms with Crippen LogP contribution in [-0.4, -0.2) is 168 Å². The molecule has 406 valence electrons. The van der Waals surface area contributed by atoms with E-state index in [4.69, 9.17) is 30.4 Å². The highest BCUT2D eigenvalue weighted by Crippen LogP contribution is 2.33. The summed E-state index contributed by atoms with van der Waals surface area (Å²) >= 11 is 1.83. The molecule has 0 spiro atoms. The normalized spacial score (nSPS) is 17.2. The second-order valence-corrected chi connectivity index (χ2v) is 19.2. The number of unbranched alkanes of at least 4 members (excludes halogenated alkanes) is 4. The Hall–Kier alpha value is -4.78. The zero-order valence-electron chi connectivity index (χ0n) is 42.0. The lowest BCUT2D eigenvalue weighted by molar-refractivity contribution is -0.129. The standard InChI is InChI=1S/C47H84N10O13S/c1-33(44(48)63)12-5-8-20-51-41(61)30-69-28-27-68-25-23-53-42(62)31-70-29-26-67-24-22-52-39(59)18-11-17-38(58)50-19-10-7-14-35(46(65)54-21-9-6-13-34(2)45(49)64)55-40(60)16-4-3-15-37-43-36(32-71-37)56-47(66)57-43/h33-37,43H,3-32H2,1-2H3,(H2,48,63)(H2,49,64)(H,50,58)(H,51,61)(H,52,59)(H,53,62)(H,54,65)(H,55,60)(H2,56,57,66)/t33-,34+,35-,36-,37-,43-/m0/s1. The summed E-state index contributed by atoms with van der Waals surface area (Å²) in [5, 5.41) is 23.0. The van der Waals surface area contributed by atoms with Crippen molar-refractivity contribution in [1.82, 2.24) is 42.5 Å². The maximum atomic E-state index is 13.1. The quantitative estimate of drug-likeness (QED) is 0.0279. The summed E-state index contributed by atoms with van der Waals surface area (Å²) in [6.07, 6.45) is 9.15. The fourth-order valence-corrected chi connectivity index (χ4v) is 9.04. The average molecular weight is 1030 g/mol. The van der Waals surface area contributed by atoms with Gasteiger partial charge in [0.15, 0.2) is 0 Å². The number of rotatable bonds is 44. The molecular formula is C47H84N10O13S. The second-order valence-electron chi connectivity index (χ2n) is 18.0. The highest BCUT2D eigenvalue weighted by atomic mass is 32.2. The molecule has 23 nitrogen and oxygen atoms in total. The first-order valence-electron chi connectivity index (χ1n) is 25.4. The van der Waals surface area contributed by atoms with Gasteiger partial charge in [0, 0.05) is 74.8 Å². The number of thioether (sulfide) groups is 1. The Bertz CT molecular complexity index is 1630. The van der Waals surface area contributed by atoms with Crippen molar-refractivity contribution in [3.63, 3.8) is 0 Å². The number of carbonyl (C=O) groups excluding carboxylic acids is 9. The van der Waals surface area contributed by atoms with Gasteiger partial charge in [-0.1, -0.05) is 33.1 Å². The summed E-state index contributed by atoms with van der Waals surface area (Å²) in [6, 6.07) is -0.592. The van der Waals surface area contributed by atoms with E-state index in [-0.39, 0.29) is 162 Å². The fraction of sp³-hybridized carbons (Fsp3) is 0.809. The summed E-state index contributed by atoms with van der Waals surface area (Å²) in [4.78, 5) is 108. The molecule has 2 saturated heterocycles. The van der Waals surface area contributed by atoms with Gasteiger partial charge in [-0.25, -0.2) is 4.79 Å². The van der Waals surface area contributed by atoms with Crippen LogP contribution in [0.3, 0.4) is 0 Å². The van der Waals surface area contributed by atoms with E-state index in [0.29, 0.717) is 76.3 Å². The first kappa shape index (κ1) is 62.3. The Kier molecular flexibility index (Phi) is 34.1. The van der Waals surface area contributed by atoms with Crippen LogP contribution in [0.2, 0.25) is 0 Å². The van der Waals surface area contributed by atoms with E-state index in [0.717, 1.165) is 37.9 Å². The summed E-state index contributed by atoms with van der Waals surface area (Å²) in [5.74, 6) is -1.64. The largest absolute Gasteiger partial charge is 0.377 e. The number of hydrogen-bond acceptors (Lipinski definition) is 14. The van der Waals surface area contributed by atoms with Crippen molar-refractivity contribution in [3.05, 3.63) is 0 Å². The zero-order valence-corrected chi connectivity index (χ0v) is 42.9.